The van der Waals surface area contributed by atoms with Crippen LogP contribution < -0.4 is 5.32 Å². The molecule has 1 N–H and O–H groups in total. The first-order chi connectivity index (χ1) is 6.24. The van der Waals surface area contributed by atoms with Gasteiger partial charge >= 0.3 is 0 Å². The Morgan fingerprint density at radius 3 is 2.92 bits per heavy atom. The zero-order valence-electron chi connectivity index (χ0n) is 7.13. The van der Waals surface area contributed by atoms with Crippen molar-refractivity contribution in [3.63, 3.8) is 0 Å². The van der Waals surface area contributed by atoms with E-state index in [9.17, 15) is 9.70 Å². The van der Waals surface area contributed by atoms with Crippen molar-refractivity contribution < 1.29 is 4.79 Å². The Morgan fingerprint density at radius 2 is 2.23 bits per heavy atom. The number of aryl methyl sites for hydroxylation is 1. The van der Waals surface area contributed by atoms with Gasteiger partial charge < -0.3 is 5.32 Å². The average Bonchev–Trinajstić information content (AvgIpc) is 2.48. The van der Waals surface area contributed by atoms with Crippen LogP contribution in [0.4, 0.5) is 5.69 Å². The van der Waals surface area contributed by atoms with Crippen LogP contribution in [-0.2, 0) is 6.54 Å². The van der Waals surface area contributed by atoms with E-state index in [2.05, 4.69) is 10.5 Å². The number of carbonyl (C=O) groups excluding carboxylic acids is 1. The first-order valence-corrected chi connectivity index (χ1v) is 3.98. The summed E-state index contributed by atoms with van der Waals surface area (Å²) >= 11 is 0. The van der Waals surface area contributed by atoms with Crippen LogP contribution in [0.2, 0.25) is 0 Å². The maximum absolute atomic E-state index is 11.2. The van der Waals surface area contributed by atoms with Gasteiger partial charge in [-0.2, -0.15) is 0 Å². The lowest BCUT2D eigenvalue weighted by Gasteiger charge is -2.01. The zero-order chi connectivity index (χ0) is 9.42. The summed E-state index contributed by atoms with van der Waals surface area (Å²) in [5, 5.41) is 5.58. The number of hydrogen-bond donors (Lipinski definition) is 1. The molecule has 1 aliphatic rings. The SMILES string of the molecule is Cc1ccc2c(c1N=O)CNC2=O. The van der Waals surface area contributed by atoms with Crippen LogP contribution >= 0.6 is 0 Å². The third-order valence-corrected chi connectivity index (χ3v) is 2.25. The van der Waals surface area contributed by atoms with Gasteiger partial charge in [-0.15, -0.1) is 4.91 Å². The Hall–Kier alpha value is -1.71. The molecule has 1 aliphatic heterocycles. The number of nitroso groups, excluding NO2 is 1. The van der Waals surface area contributed by atoms with Crippen molar-refractivity contribution in [3.8, 4) is 0 Å². The van der Waals surface area contributed by atoms with Gasteiger partial charge in [-0.1, -0.05) is 6.07 Å². The topological polar surface area (TPSA) is 58.5 Å². The van der Waals surface area contributed by atoms with E-state index in [-0.39, 0.29) is 5.91 Å². The lowest BCUT2D eigenvalue weighted by Crippen LogP contribution is -2.12. The minimum Gasteiger partial charge on any atom is -0.348 e. The highest BCUT2D eigenvalue weighted by atomic mass is 16.3. The van der Waals surface area contributed by atoms with Gasteiger partial charge in [0, 0.05) is 17.7 Å². The molecular weight excluding hydrogens is 168 g/mol. The van der Waals surface area contributed by atoms with Crippen molar-refractivity contribution in [1.82, 2.24) is 5.32 Å². The van der Waals surface area contributed by atoms with Crippen molar-refractivity contribution in [2.45, 2.75) is 13.5 Å². The molecule has 1 aromatic carbocycles. The molecule has 0 saturated heterocycles. The number of nitrogens with one attached hydrogen (secondary N) is 1. The van der Waals surface area contributed by atoms with E-state index in [1.165, 1.54) is 0 Å². The maximum Gasteiger partial charge on any atom is 0.251 e. The van der Waals surface area contributed by atoms with E-state index in [1.807, 2.05) is 0 Å². The van der Waals surface area contributed by atoms with Crippen LogP contribution in [-0.4, -0.2) is 5.91 Å². The summed E-state index contributed by atoms with van der Waals surface area (Å²) in [5.74, 6) is -0.125. The van der Waals surface area contributed by atoms with Gasteiger partial charge in [0.05, 0.1) is 0 Å². The minimum absolute atomic E-state index is 0.125. The van der Waals surface area contributed by atoms with Gasteiger partial charge in [0.1, 0.15) is 5.69 Å². The summed E-state index contributed by atoms with van der Waals surface area (Å²) in [6, 6.07) is 3.46. The summed E-state index contributed by atoms with van der Waals surface area (Å²) in [5.41, 5.74) is 2.50. The van der Waals surface area contributed by atoms with E-state index < -0.39 is 0 Å². The van der Waals surface area contributed by atoms with Gasteiger partial charge in [0.25, 0.3) is 5.91 Å². The molecule has 0 aliphatic carbocycles. The molecular formula is C9H8N2O2. The Labute approximate surface area is 74.9 Å². The second-order valence-electron chi connectivity index (χ2n) is 3.03. The molecule has 0 radical (unpaired) electrons. The van der Waals surface area contributed by atoms with Crippen LogP contribution in [0.15, 0.2) is 17.3 Å². The first-order valence-electron chi connectivity index (χ1n) is 3.98. The number of rotatable bonds is 1. The van der Waals surface area contributed by atoms with E-state index in [0.29, 0.717) is 17.8 Å². The smallest absolute Gasteiger partial charge is 0.251 e. The van der Waals surface area contributed by atoms with Gasteiger partial charge in [-0.05, 0) is 23.7 Å². The van der Waals surface area contributed by atoms with Crippen LogP contribution in [0.1, 0.15) is 21.5 Å². The molecule has 13 heavy (non-hydrogen) atoms. The lowest BCUT2D eigenvalue weighted by molar-refractivity contribution is 0.0966. The molecule has 0 aromatic heterocycles. The fourth-order valence-corrected chi connectivity index (χ4v) is 1.54. The highest BCUT2D eigenvalue weighted by Gasteiger charge is 2.22. The molecule has 0 atom stereocenters. The normalized spacial score (nSPS) is 13.8. The largest absolute Gasteiger partial charge is 0.348 e. The average molecular weight is 176 g/mol. The van der Waals surface area contributed by atoms with Crippen LogP contribution in [0.3, 0.4) is 0 Å². The highest BCUT2D eigenvalue weighted by molar-refractivity contribution is 6.00. The summed E-state index contributed by atoms with van der Waals surface area (Å²) < 4.78 is 0. The van der Waals surface area contributed by atoms with Gasteiger partial charge in [-0.3, -0.25) is 4.79 Å². The number of amides is 1. The monoisotopic (exact) mass is 176 g/mol. The van der Waals surface area contributed by atoms with Crippen LogP contribution in [0.25, 0.3) is 0 Å². The molecule has 0 saturated carbocycles. The Bertz CT molecular complexity index is 399. The zero-order valence-corrected chi connectivity index (χ0v) is 7.13. The fourth-order valence-electron chi connectivity index (χ4n) is 1.54. The molecule has 4 nitrogen and oxygen atoms in total. The molecule has 4 heteroatoms. The molecule has 1 aromatic rings. The van der Waals surface area contributed by atoms with E-state index in [4.69, 9.17) is 0 Å². The lowest BCUT2D eigenvalue weighted by atomic mass is 10.0. The van der Waals surface area contributed by atoms with Crippen molar-refractivity contribution in [1.29, 1.82) is 0 Å². The second-order valence-corrected chi connectivity index (χ2v) is 3.03. The second kappa shape index (κ2) is 2.65. The van der Waals surface area contributed by atoms with Crippen molar-refractivity contribution in [2.24, 2.45) is 5.18 Å². The van der Waals surface area contributed by atoms with E-state index in [1.54, 1.807) is 19.1 Å². The molecule has 2 rings (SSSR count). The molecule has 66 valence electrons. The molecule has 0 spiro atoms. The Balaban J connectivity index is 2.70. The predicted octanol–water partition coefficient (Wildman–Crippen LogP) is 1.64. The van der Waals surface area contributed by atoms with Crippen LogP contribution in [0, 0.1) is 11.8 Å². The number of benzene rings is 1. The Morgan fingerprint density at radius 1 is 1.46 bits per heavy atom. The Kier molecular flexibility index (Phi) is 1.62. The molecule has 1 amide bonds. The van der Waals surface area contributed by atoms with Gasteiger partial charge in [-0.25, -0.2) is 0 Å². The summed E-state index contributed by atoms with van der Waals surface area (Å²) in [6.07, 6.45) is 0. The standard InChI is InChI=1S/C9H8N2O2/c1-5-2-3-6-7(8(5)11-13)4-10-9(6)12/h2-3H,4H2,1H3,(H,10,12). The highest BCUT2D eigenvalue weighted by Crippen LogP contribution is 2.29. The predicted molar refractivity (Wildman–Crippen MR) is 47.8 cm³/mol. The summed E-state index contributed by atoms with van der Waals surface area (Å²) in [6.45, 7) is 2.22. The van der Waals surface area contributed by atoms with Crippen molar-refractivity contribution in [2.75, 3.05) is 0 Å². The summed E-state index contributed by atoms with van der Waals surface area (Å²) in [4.78, 5) is 21.7. The third kappa shape index (κ3) is 1.02. The number of nitrogens with zero attached hydrogens (tertiary/aromatic N) is 1. The summed E-state index contributed by atoms with van der Waals surface area (Å²) in [7, 11) is 0. The van der Waals surface area contributed by atoms with Crippen LogP contribution in [0.5, 0.6) is 0 Å². The maximum atomic E-state index is 11.2. The first kappa shape index (κ1) is 7.91. The quantitative estimate of drug-likeness (QED) is 0.661. The number of hydrogen-bond acceptors (Lipinski definition) is 3. The number of carbonyl (C=O) groups is 1. The molecule has 0 fully saturated rings. The van der Waals surface area contributed by atoms with E-state index in [0.717, 1.165) is 11.1 Å². The van der Waals surface area contributed by atoms with E-state index >= 15 is 0 Å². The van der Waals surface area contributed by atoms with Crippen molar-refractivity contribution in [3.05, 3.63) is 33.7 Å². The molecule has 0 unspecified atom stereocenters. The van der Waals surface area contributed by atoms with Crippen molar-refractivity contribution >= 4 is 11.6 Å². The fraction of sp³-hybridized carbons (Fsp3) is 0.222. The van der Waals surface area contributed by atoms with Gasteiger partial charge in [0.15, 0.2) is 0 Å². The third-order valence-electron chi connectivity index (χ3n) is 2.25. The van der Waals surface area contributed by atoms with Gasteiger partial charge in [0.2, 0.25) is 0 Å². The molecule has 1 heterocycles. The molecule has 0 bridgehead atoms. The minimum atomic E-state index is -0.125. The number of fused-ring (bicyclic) bond motifs is 1.